The van der Waals surface area contributed by atoms with Gasteiger partial charge >= 0.3 is 5.69 Å². The van der Waals surface area contributed by atoms with Crippen LogP contribution in [-0.2, 0) is 20.5 Å². The van der Waals surface area contributed by atoms with Gasteiger partial charge in [0, 0.05) is 19.7 Å². The van der Waals surface area contributed by atoms with Gasteiger partial charge in [-0.1, -0.05) is 29.3 Å². The highest BCUT2D eigenvalue weighted by atomic mass is 35.5. The Labute approximate surface area is 152 Å². The maximum atomic E-state index is 12.5. The number of nitrogens with zero attached hydrogens (tertiary/aromatic N) is 4. The second-order valence-corrected chi connectivity index (χ2v) is 6.35. The summed E-state index contributed by atoms with van der Waals surface area (Å²) in [7, 11) is 2.93. The zero-order valence-corrected chi connectivity index (χ0v) is 14.9. The van der Waals surface area contributed by atoms with Gasteiger partial charge in [0.1, 0.15) is 5.65 Å². The number of halogens is 2. The molecule has 25 heavy (non-hydrogen) atoms. The predicted octanol–water partition coefficient (Wildman–Crippen LogP) is 2.67. The molecule has 2 aromatic heterocycles. The lowest BCUT2D eigenvalue weighted by molar-refractivity contribution is 0.707. The van der Waals surface area contributed by atoms with E-state index in [4.69, 9.17) is 28.5 Å². The summed E-state index contributed by atoms with van der Waals surface area (Å²) in [5, 5.41) is 10.1. The smallest absolute Gasteiger partial charge is 0.280 e. The van der Waals surface area contributed by atoms with Gasteiger partial charge < -0.3 is 0 Å². The van der Waals surface area contributed by atoms with Crippen LogP contribution in [0.4, 0.5) is 0 Å². The molecular weight excluding hydrogens is 363 g/mol. The first-order chi connectivity index (χ1) is 11.8. The molecule has 1 aromatic carbocycles. The molecule has 0 saturated carbocycles. The summed E-state index contributed by atoms with van der Waals surface area (Å²) < 4.78 is 2.29. The van der Waals surface area contributed by atoms with Crippen LogP contribution < -0.4 is 11.2 Å². The molecule has 0 aliphatic heterocycles. The van der Waals surface area contributed by atoms with Crippen molar-refractivity contribution in [2.45, 2.75) is 6.42 Å². The van der Waals surface area contributed by atoms with Gasteiger partial charge in [0.05, 0.1) is 33.6 Å². The summed E-state index contributed by atoms with van der Waals surface area (Å²) in [6.45, 7) is 0. The van der Waals surface area contributed by atoms with E-state index in [2.05, 4.69) is 4.98 Å². The average molecular weight is 375 g/mol. The molecular formula is C17H12Cl2N4O2. The van der Waals surface area contributed by atoms with Gasteiger partial charge in [0.2, 0.25) is 0 Å². The molecule has 0 aliphatic carbocycles. The Kier molecular flexibility index (Phi) is 4.38. The number of aromatic nitrogens is 3. The fraction of sp³-hybridized carbons (Fsp3) is 0.176. The maximum absolute atomic E-state index is 12.5. The third-order valence-electron chi connectivity index (χ3n) is 3.98. The molecule has 6 nitrogen and oxygen atoms in total. The number of benzene rings is 1. The van der Waals surface area contributed by atoms with Crippen molar-refractivity contribution in [3.8, 4) is 17.3 Å². The van der Waals surface area contributed by atoms with Crippen LogP contribution in [0.1, 0.15) is 5.56 Å². The van der Waals surface area contributed by atoms with Crippen molar-refractivity contribution in [3.05, 3.63) is 60.7 Å². The van der Waals surface area contributed by atoms with Crippen LogP contribution in [0, 0.1) is 11.3 Å². The zero-order valence-electron chi connectivity index (χ0n) is 13.4. The molecule has 3 rings (SSSR count). The van der Waals surface area contributed by atoms with Crippen molar-refractivity contribution >= 4 is 34.2 Å². The second kappa shape index (κ2) is 6.36. The van der Waals surface area contributed by atoms with Crippen molar-refractivity contribution in [1.29, 1.82) is 5.26 Å². The van der Waals surface area contributed by atoms with Crippen LogP contribution in [0.25, 0.3) is 22.3 Å². The Bertz CT molecular complexity index is 1170. The van der Waals surface area contributed by atoms with E-state index < -0.39 is 11.2 Å². The summed E-state index contributed by atoms with van der Waals surface area (Å²) in [5.41, 5.74) is 0.936. The first-order valence-corrected chi connectivity index (χ1v) is 8.02. The molecule has 0 saturated heterocycles. The summed E-state index contributed by atoms with van der Waals surface area (Å²) in [5.74, 6) is 0. The summed E-state index contributed by atoms with van der Waals surface area (Å²) in [6.07, 6.45) is 0.0147. The lowest BCUT2D eigenvalue weighted by Crippen LogP contribution is -2.37. The van der Waals surface area contributed by atoms with Gasteiger partial charge in [-0.05, 0) is 23.8 Å². The summed E-state index contributed by atoms with van der Waals surface area (Å²) >= 11 is 12.0. The van der Waals surface area contributed by atoms with Crippen molar-refractivity contribution in [2.24, 2.45) is 14.1 Å². The minimum atomic E-state index is -0.487. The number of fused-ring (bicyclic) bond motifs is 1. The van der Waals surface area contributed by atoms with Crippen molar-refractivity contribution in [1.82, 2.24) is 14.1 Å². The first-order valence-electron chi connectivity index (χ1n) is 7.27. The fourth-order valence-electron chi connectivity index (χ4n) is 2.66. The standard InChI is InChI=1S/C17H12Cl2N4O2/c1-22-15-14(16(24)23(2)17(22)25)10(5-6-20)8-13(21-15)9-3-4-11(18)12(19)7-9/h3-4,7-8H,5H2,1-2H3. The number of pyridine rings is 1. The number of hydrogen-bond acceptors (Lipinski definition) is 4. The Balaban J connectivity index is 2.44. The van der Waals surface area contributed by atoms with Crippen molar-refractivity contribution in [3.63, 3.8) is 0 Å². The molecule has 2 heterocycles. The molecule has 0 spiro atoms. The van der Waals surface area contributed by atoms with Crippen LogP contribution >= 0.6 is 23.2 Å². The van der Waals surface area contributed by atoms with E-state index in [9.17, 15) is 9.59 Å². The molecule has 126 valence electrons. The van der Waals surface area contributed by atoms with Crippen LogP contribution in [0.5, 0.6) is 0 Å². The van der Waals surface area contributed by atoms with Crippen LogP contribution in [0.15, 0.2) is 33.9 Å². The van der Waals surface area contributed by atoms with E-state index in [1.54, 1.807) is 24.3 Å². The van der Waals surface area contributed by atoms with Gasteiger partial charge in [-0.2, -0.15) is 5.26 Å². The molecule has 0 amide bonds. The fourth-order valence-corrected chi connectivity index (χ4v) is 2.95. The van der Waals surface area contributed by atoms with Crippen LogP contribution in [0.2, 0.25) is 10.0 Å². The lowest BCUT2D eigenvalue weighted by Gasteiger charge is -2.12. The SMILES string of the molecule is Cn1c(=O)c2c(CC#N)cc(-c3ccc(Cl)c(Cl)c3)nc2n(C)c1=O. The molecule has 0 N–H and O–H groups in total. The third kappa shape index (κ3) is 2.82. The molecule has 0 radical (unpaired) electrons. The van der Waals surface area contributed by atoms with Crippen molar-refractivity contribution in [2.75, 3.05) is 0 Å². The minimum Gasteiger partial charge on any atom is -0.280 e. The highest BCUT2D eigenvalue weighted by Gasteiger charge is 2.16. The third-order valence-corrected chi connectivity index (χ3v) is 4.72. The predicted molar refractivity (Wildman–Crippen MR) is 97.0 cm³/mol. The second-order valence-electron chi connectivity index (χ2n) is 5.53. The van der Waals surface area contributed by atoms with Gasteiger partial charge in [-0.3, -0.25) is 13.9 Å². The number of nitriles is 1. The minimum absolute atomic E-state index is 0.0147. The molecule has 0 aliphatic rings. The van der Waals surface area contributed by atoms with E-state index in [0.717, 1.165) is 4.57 Å². The number of aryl methyl sites for hydroxylation is 1. The molecule has 8 heteroatoms. The summed E-state index contributed by atoms with van der Waals surface area (Å²) in [6, 6.07) is 8.73. The maximum Gasteiger partial charge on any atom is 0.332 e. The quantitative estimate of drug-likeness (QED) is 0.690. The van der Waals surface area contributed by atoms with E-state index in [1.165, 1.54) is 18.7 Å². The Morgan fingerprint density at radius 3 is 2.48 bits per heavy atom. The normalized spacial score (nSPS) is 10.8. The Hall–Kier alpha value is -2.62. The topological polar surface area (TPSA) is 80.7 Å². The van der Waals surface area contributed by atoms with Crippen LogP contribution in [-0.4, -0.2) is 14.1 Å². The van der Waals surface area contributed by atoms with E-state index in [1.807, 2.05) is 6.07 Å². The van der Waals surface area contributed by atoms with Crippen LogP contribution in [0.3, 0.4) is 0 Å². The van der Waals surface area contributed by atoms with Gasteiger partial charge in [-0.25, -0.2) is 9.78 Å². The van der Waals surface area contributed by atoms with Gasteiger partial charge in [0.25, 0.3) is 5.56 Å². The van der Waals surface area contributed by atoms with Crippen molar-refractivity contribution < 1.29 is 0 Å². The van der Waals surface area contributed by atoms with E-state index in [0.29, 0.717) is 26.9 Å². The van der Waals surface area contributed by atoms with E-state index in [-0.39, 0.29) is 17.5 Å². The summed E-state index contributed by atoms with van der Waals surface area (Å²) in [4.78, 5) is 29.2. The lowest BCUT2D eigenvalue weighted by atomic mass is 10.0. The molecule has 0 atom stereocenters. The Morgan fingerprint density at radius 2 is 1.84 bits per heavy atom. The molecule has 0 unspecified atom stereocenters. The molecule has 0 bridgehead atoms. The first kappa shape index (κ1) is 17.2. The average Bonchev–Trinajstić information content (AvgIpc) is 2.60. The number of hydrogen-bond donors (Lipinski definition) is 0. The van der Waals surface area contributed by atoms with Gasteiger partial charge in [-0.15, -0.1) is 0 Å². The molecule has 0 fully saturated rings. The highest BCUT2D eigenvalue weighted by Crippen LogP contribution is 2.29. The largest absolute Gasteiger partial charge is 0.332 e. The zero-order chi connectivity index (χ0) is 18.3. The molecule has 3 aromatic rings. The van der Waals surface area contributed by atoms with Gasteiger partial charge in [0.15, 0.2) is 0 Å². The number of rotatable bonds is 2. The monoisotopic (exact) mass is 374 g/mol. The van der Waals surface area contributed by atoms with E-state index >= 15 is 0 Å². The highest BCUT2D eigenvalue weighted by molar-refractivity contribution is 6.42. The Morgan fingerprint density at radius 1 is 1.12 bits per heavy atom.